The van der Waals surface area contributed by atoms with Gasteiger partial charge in [-0.3, -0.25) is 14.8 Å². The van der Waals surface area contributed by atoms with E-state index in [0.717, 1.165) is 17.3 Å². The molecule has 0 atom stereocenters. The number of rotatable bonds is 4. The lowest BCUT2D eigenvalue weighted by atomic mass is 10.1. The molecule has 0 saturated heterocycles. The fourth-order valence-corrected chi connectivity index (χ4v) is 2.73. The van der Waals surface area contributed by atoms with Crippen LogP contribution in [0.1, 0.15) is 26.3 Å². The van der Waals surface area contributed by atoms with E-state index in [4.69, 9.17) is 16.8 Å². The van der Waals surface area contributed by atoms with Crippen molar-refractivity contribution in [3.05, 3.63) is 68.4 Å². The van der Waals surface area contributed by atoms with E-state index in [2.05, 4.69) is 21.0 Å². The van der Waals surface area contributed by atoms with Crippen LogP contribution in [0.2, 0.25) is 5.02 Å². The summed E-state index contributed by atoms with van der Waals surface area (Å²) < 4.78 is 14.5. The maximum Gasteiger partial charge on any atom is 0.274 e. The van der Waals surface area contributed by atoms with Gasteiger partial charge in [-0.25, -0.2) is 14.9 Å². The molecule has 2 aromatic rings. The molecule has 2 rings (SSSR count). The first-order chi connectivity index (χ1) is 11.8. The van der Waals surface area contributed by atoms with Gasteiger partial charge in [0.15, 0.2) is 0 Å². The lowest BCUT2D eigenvalue weighted by Gasteiger charge is -2.12. The molecule has 0 aliphatic rings. The SMILES string of the molecule is CN(N=Cc1ccc(C(=O)NO)cc1F)C(=O)c1ccc(Cl)cc1Br. The molecule has 6 nitrogen and oxygen atoms in total. The van der Waals surface area contributed by atoms with Crippen molar-refractivity contribution >= 4 is 45.6 Å². The zero-order valence-electron chi connectivity index (χ0n) is 12.8. The quantitative estimate of drug-likeness (QED) is 0.444. The van der Waals surface area contributed by atoms with E-state index in [9.17, 15) is 14.0 Å². The van der Waals surface area contributed by atoms with Crippen molar-refractivity contribution in [2.24, 2.45) is 5.10 Å². The highest BCUT2D eigenvalue weighted by atomic mass is 79.9. The summed E-state index contributed by atoms with van der Waals surface area (Å²) in [5.74, 6) is -1.97. The van der Waals surface area contributed by atoms with Gasteiger partial charge in [0.25, 0.3) is 11.8 Å². The second kappa shape index (κ2) is 8.19. The number of nitrogens with zero attached hydrogens (tertiary/aromatic N) is 2. The van der Waals surface area contributed by atoms with E-state index in [1.54, 1.807) is 18.2 Å². The van der Waals surface area contributed by atoms with Gasteiger partial charge in [-0.05, 0) is 52.3 Å². The van der Waals surface area contributed by atoms with Gasteiger partial charge in [0.2, 0.25) is 0 Å². The van der Waals surface area contributed by atoms with E-state index in [1.807, 2.05) is 0 Å². The highest BCUT2D eigenvalue weighted by molar-refractivity contribution is 9.10. The Hall–Kier alpha value is -2.29. The monoisotopic (exact) mass is 427 g/mol. The lowest BCUT2D eigenvalue weighted by molar-refractivity contribution is 0.0705. The van der Waals surface area contributed by atoms with Crippen molar-refractivity contribution in [1.82, 2.24) is 10.5 Å². The predicted molar refractivity (Wildman–Crippen MR) is 94.5 cm³/mol. The summed E-state index contributed by atoms with van der Waals surface area (Å²) in [5.41, 5.74) is 1.79. The molecule has 2 amide bonds. The number of hydrogen-bond donors (Lipinski definition) is 2. The average Bonchev–Trinajstić information content (AvgIpc) is 2.59. The first kappa shape index (κ1) is 19.0. The smallest absolute Gasteiger partial charge is 0.274 e. The molecule has 0 aromatic heterocycles. The normalized spacial score (nSPS) is 10.8. The standard InChI is InChI=1S/C16H12BrClFN3O3/c1-22(16(24)12-5-4-11(18)7-13(12)17)20-8-10-3-2-9(6-14(10)19)15(23)21-25/h2-8,25H,1H3,(H,21,23). The molecular formula is C16H12BrClFN3O3. The van der Waals surface area contributed by atoms with Gasteiger partial charge in [-0.2, -0.15) is 5.10 Å². The summed E-state index contributed by atoms with van der Waals surface area (Å²) in [4.78, 5) is 23.5. The molecule has 2 N–H and O–H groups in total. The minimum Gasteiger partial charge on any atom is -0.288 e. The third-order valence-corrected chi connectivity index (χ3v) is 4.08. The van der Waals surface area contributed by atoms with Crippen molar-refractivity contribution < 1.29 is 19.2 Å². The van der Waals surface area contributed by atoms with Crippen molar-refractivity contribution in [2.45, 2.75) is 0 Å². The molecule has 0 fully saturated rings. The molecule has 25 heavy (non-hydrogen) atoms. The average molecular weight is 429 g/mol. The number of amides is 2. The van der Waals surface area contributed by atoms with Crippen LogP contribution in [0.3, 0.4) is 0 Å². The maximum absolute atomic E-state index is 14.0. The number of carbonyl (C=O) groups is 2. The van der Waals surface area contributed by atoms with Crippen LogP contribution in [0.15, 0.2) is 46.0 Å². The van der Waals surface area contributed by atoms with Crippen LogP contribution in [0.4, 0.5) is 4.39 Å². The highest BCUT2D eigenvalue weighted by Gasteiger charge is 2.15. The number of hydrazone groups is 1. The summed E-state index contributed by atoms with van der Waals surface area (Å²) in [6, 6.07) is 8.26. The zero-order valence-corrected chi connectivity index (χ0v) is 15.2. The van der Waals surface area contributed by atoms with Crippen LogP contribution in [-0.4, -0.2) is 35.3 Å². The molecule has 0 aliphatic heterocycles. The maximum atomic E-state index is 14.0. The Morgan fingerprint density at radius 1 is 1.32 bits per heavy atom. The summed E-state index contributed by atoms with van der Waals surface area (Å²) in [6.45, 7) is 0. The molecule has 0 heterocycles. The van der Waals surface area contributed by atoms with Crippen LogP contribution >= 0.6 is 27.5 Å². The fraction of sp³-hybridized carbons (Fsp3) is 0.0625. The lowest BCUT2D eigenvalue weighted by Crippen LogP contribution is -2.22. The van der Waals surface area contributed by atoms with Crippen molar-refractivity contribution in [1.29, 1.82) is 0 Å². The first-order valence-corrected chi connectivity index (χ1v) is 8.01. The fourth-order valence-electron chi connectivity index (χ4n) is 1.88. The van der Waals surface area contributed by atoms with E-state index < -0.39 is 17.6 Å². The molecule has 0 saturated carbocycles. The Kier molecular flexibility index (Phi) is 6.24. The summed E-state index contributed by atoms with van der Waals surface area (Å²) in [5, 5.41) is 14.0. The number of benzene rings is 2. The summed E-state index contributed by atoms with van der Waals surface area (Å²) >= 11 is 9.08. The van der Waals surface area contributed by atoms with E-state index in [-0.39, 0.29) is 11.1 Å². The summed E-state index contributed by atoms with van der Waals surface area (Å²) in [6.07, 6.45) is 1.15. The Morgan fingerprint density at radius 3 is 2.64 bits per heavy atom. The van der Waals surface area contributed by atoms with Crippen LogP contribution in [0.5, 0.6) is 0 Å². The van der Waals surface area contributed by atoms with Crippen LogP contribution in [0, 0.1) is 5.82 Å². The zero-order chi connectivity index (χ0) is 18.6. The van der Waals surface area contributed by atoms with Crippen molar-refractivity contribution in [2.75, 3.05) is 7.05 Å². The van der Waals surface area contributed by atoms with Gasteiger partial charge >= 0.3 is 0 Å². The van der Waals surface area contributed by atoms with Gasteiger partial charge in [0.05, 0.1) is 11.8 Å². The Bertz CT molecular complexity index is 861. The number of halogens is 3. The topological polar surface area (TPSA) is 82.0 Å². The minimum absolute atomic E-state index is 0.0494. The van der Waals surface area contributed by atoms with E-state index >= 15 is 0 Å². The van der Waals surface area contributed by atoms with E-state index in [0.29, 0.717) is 15.1 Å². The summed E-state index contributed by atoms with van der Waals surface area (Å²) in [7, 11) is 1.42. The third kappa shape index (κ3) is 4.62. The van der Waals surface area contributed by atoms with Gasteiger partial charge in [0.1, 0.15) is 5.82 Å². The van der Waals surface area contributed by atoms with Gasteiger partial charge in [-0.1, -0.05) is 11.6 Å². The molecule has 0 aliphatic carbocycles. The first-order valence-electron chi connectivity index (χ1n) is 6.84. The molecule has 0 radical (unpaired) electrons. The molecule has 0 unspecified atom stereocenters. The Morgan fingerprint density at radius 2 is 2.04 bits per heavy atom. The van der Waals surface area contributed by atoms with Crippen molar-refractivity contribution in [3.8, 4) is 0 Å². The largest absolute Gasteiger partial charge is 0.288 e. The predicted octanol–water partition coefficient (Wildman–Crippen LogP) is 3.47. The highest BCUT2D eigenvalue weighted by Crippen LogP contribution is 2.22. The van der Waals surface area contributed by atoms with Gasteiger partial charge < -0.3 is 0 Å². The van der Waals surface area contributed by atoms with Gasteiger partial charge in [0, 0.05) is 27.7 Å². The molecule has 9 heteroatoms. The third-order valence-electron chi connectivity index (χ3n) is 3.19. The molecule has 2 aromatic carbocycles. The molecule has 130 valence electrons. The molecule has 0 bridgehead atoms. The Balaban J connectivity index is 2.18. The van der Waals surface area contributed by atoms with E-state index in [1.165, 1.54) is 24.7 Å². The molecular weight excluding hydrogens is 417 g/mol. The van der Waals surface area contributed by atoms with Crippen LogP contribution in [0.25, 0.3) is 0 Å². The number of hydrogen-bond acceptors (Lipinski definition) is 4. The Labute approximate surface area is 156 Å². The van der Waals surface area contributed by atoms with Crippen LogP contribution < -0.4 is 5.48 Å². The second-order valence-corrected chi connectivity index (χ2v) is 6.17. The van der Waals surface area contributed by atoms with Crippen molar-refractivity contribution in [3.63, 3.8) is 0 Å². The second-order valence-electron chi connectivity index (χ2n) is 4.87. The number of carbonyl (C=O) groups excluding carboxylic acids is 2. The number of hydroxylamine groups is 1. The number of nitrogens with one attached hydrogen (secondary N) is 1. The minimum atomic E-state index is -0.831. The van der Waals surface area contributed by atoms with Crippen LogP contribution in [-0.2, 0) is 0 Å². The van der Waals surface area contributed by atoms with Gasteiger partial charge in [-0.15, -0.1) is 0 Å². The molecule has 0 spiro atoms.